The number of nitrogens with one attached hydrogen (secondary N) is 1. The summed E-state index contributed by atoms with van der Waals surface area (Å²) in [6, 6.07) is 16.6. The maximum absolute atomic E-state index is 12.7. The number of likely N-dealkylation sites (tertiary alicyclic amines) is 1. The molecule has 2 amide bonds. The summed E-state index contributed by atoms with van der Waals surface area (Å²) >= 11 is 21.2. The molecule has 1 N–H and O–H groups in total. The molecule has 1 aliphatic rings. The van der Waals surface area contributed by atoms with Crippen LogP contribution in [0.25, 0.3) is 11.3 Å². The first-order valence-corrected chi connectivity index (χ1v) is 15.7. The van der Waals surface area contributed by atoms with Crippen molar-refractivity contribution in [2.24, 2.45) is 0 Å². The Morgan fingerprint density at radius 1 is 1.07 bits per heavy atom. The van der Waals surface area contributed by atoms with Crippen LogP contribution in [0.2, 0.25) is 15.2 Å². The van der Waals surface area contributed by atoms with Crippen LogP contribution in [-0.4, -0.2) is 50.1 Å². The van der Waals surface area contributed by atoms with Gasteiger partial charge in [-0.2, -0.15) is 0 Å². The lowest BCUT2D eigenvalue weighted by molar-refractivity contribution is -0.125. The summed E-state index contributed by atoms with van der Waals surface area (Å²) in [5.41, 5.74) is 3.67. The second kappa shape index (κ2) is 13.5. The van der Waals surface area contributed by atoms with Gasteiger partial charge in [0, 0.05) is 67.4 Å². The summed E-state index contributed by atoms with van der Waals surface area (Å²) in [6.07, 6.45) is 3.27. The Morgan fingerprint density at radius 3 is 2.61 bits per heavy atom. The van der Waals surface area contributed by atoms with E-state index in [1.54, 1.807) is 25.1 Å². The monoisotopic (exact) mass is 645 g/mol. The Kier molecular flexibility index (Phi) is 9.85. The molecule has 1 fully saturated rings. The lowest BCUT2D eigenvalue weighted by atomic mass is 10.0. The summed E-state index contributed by atoms with van der Waals surface area (Å²) in [6.45, 7) is 4.15. The molecule has 41 heavy (non-hydrogen) atoms. The van der Waals surface area contributed by atoms with Crippen LogP contribution in [0.15, 0.2) is 70.5 Å². The van der Waals surface area contributed by atoms with Crippen molar-refractivity contribution in [1.29, 1.82) is 0 Å². The highest BCUT2D eigenvalue weighted by atomic mass is 35.5. The average Bonchev–Trinajstić information content (AvgIpc) is 3.43. The Balaban J connectivity index is 1.20. The number of nitrogens with zero attached hydrogens (tertiary/aromatic N) is 4. The molecule has 0 unspecified atom stereocenters. The predicted molar refractivity (Wildman–Crippen MR) is 168 cm³/mol. The normalized spacial score (nSPS) is 14.1. The maximum Gasteiger partial charge on any atom is 0.258 e. The predicted octanol–water partition coefficient (Wildman–Crippen LogP) is 7.94. The van der Waals surface area contributed by atoms with Gasteiger partial charge < -0.3 is 5.32 Å². The number of piperidine rings is 1. The summed E-state index contributed by atoms with van der Waals surface area (Å²) < 4.78 is 2.64. The highest BCUT2D eigenvalue weighted by Crippen LogP contribution is 2.35. The van der Waals surface area contributed by atoms with E-state index in [4.69, 9.17) is 39.8 Å². The third-order valence-corrected chi connectivity index (χ3v) is 9.85. The molecule has 1 aliphatic heterocycles. The van der Waals surface area contributed by atoms with Gasteiger partial charge in [-0.05, 0) is 54.8 Å². The summed E-state index contributed by atoms with van der Waals surface area (Å²) in [5, 5.41) is 6.09. The van der Waals surface area contributed by atoms with E-state index in [1.807, 2.05) is 46.1 Å². The van der Waals surface area contributed by atoms with Gasteiger partial charge in [0.1, 0.15) is 5.15 Å². The fourth-order valence-corrected chi connectivity index (χ4v) is 7.06. The second-order valence-electron chi connectivity index (χ2n) is 9.57. The molecule has 0 spiro atoms. The summed E-state index contributed by atoms with van der Waals surface area (Å²) in [7, 11) is 0. The SMILES string of the molecule is CC(=O)N(Sc1nc(-c2cccc(NC(=O)c3cccnc3Cl)c2)cs1)C1CCN(Cc2ccc(Cl)c(Cl)c2)CC1. The fourth-order valence-electron chi connectivity index (χ4n) is 4.63. The number of carbonyl (C=O) groups is 2. The molecule has 0 bridgehead atoms. The minimum absolute atomic E-state index is 0.00783. The van der Waals surface area contributed by atoms with E-state index < -0.39 is 0 Å². The third-order valence-electron chi connectivity index (χ3n) is 6.67. The zero-order valence-electron chi connectivity index (χ0n) is 22.0. The van der Waals surface area contributed by atoms with E-state index >= 15 is 0 Å². The van der Waals surface area contributed by atoms with Gasteiger partial charge >= 0.3 is 0 Å². The third kappa shape index (κ3) is 7.60. The number of hydrogen-bond acceptors (Lipinski definition) is 7. The van der Waals surface area contributed by atoms with E-state index in [0.717, 1.165) is 53.6 Å². The van der Waals surface area contributed by atoms with Crippen molar-refractivity contribution in [2.45, 2.75) is 36.7 Å². The number of thiazole rings is 1. The molecule has 2 aromatic carbocycles. The van der Waals surface area contributed by atoms with Gasteiger partial charge in [0.2, 0.25) is 5.91 Å². The van der Waals surface area contributed by atoms with Crippen LogP contribution in [0, 0.1) is 0 Å². The summed E-state index contributed by atoms with van der Waals surface area (Å²) in [5.74, 6) is -0.330. The maximum atomic E-state index is 12.7. The number of amides is 2. The zero-order chi connectivity index (χ0) is 28.9. The van der Waals surface area contributed by atoms with Crippen LogP contribution in [0.3, 0.4) is 0 Å². The summed E-state index contributed by atoms with van der Waals surface area (Å²) in [4.78, 5) is 36.4. The molecule has 212 valence electrons. The molecular weight excluding hydrogens is 621 g/mol. The van der Waals surface area contributed by atoms with Gasteiger partial charge in [0.15, 0.2) is 4.34 Å². The molecule has 7 nitrogen and oxygen atoms in total. The van der Waals surface area contributed by atoms with Crippen molar-refractivity contribution in [2.75, 3.05) is 18.4 Å². The Hall–Kier alpha value is -2.66. The highest BCUT2D eigenvalue weighted by Gasteiger charge is 2.28. The Bertz CT molecular complexity index is 1560. The molecule has 0 saturated carbocycles. The number of pyridine rings is 1. The molecule has 12 heteroatoms. The van der Waals surface area contributed by atoms with Crippen LogP contribution in [-0.2, 0) is 11.3 Å². The highest BCUT2D eigenvalue weighted by molar-refractivity contribution is 7.99. The van der Waals surface area contributed by atoms with Crippen LogP contribution < -0.4 is 5.32 Å². The number of benzene rings is 2. The lowest BCUT2D eigenvalue weighted by Gasteiger charge is -2.37. The number of carbonyl (C=O) groups excluding carboxylic acids is 2. The van der Waals surface area contributed by atoms with Gasteiger partial charge in [0.05, 0.1) is 21.3 Å². The van der Waals surface area contributed by atoms with Crippen molar-refractivity contribution in [3.05, 3.63) is 92.5 Å². The molecule has 2 aromatic heterocycles. The molecule has 1 saturated heterocycles. The van der Waals surface area contributed by atoms with Crippen LogP contribution in [0.5, 0.6) is 0 Å². The molecule has 0 radical (unpaired) electrons. The van der Waals surface area contributed by atoms with Crippen molar-refractivity contribution in [3.63, 3.8) is 0 Å². The topological polar surface area (TPSA) is 78.4 Å². The fraction of sp³-hybridized carbons (Fsp3) is 0.241. The van der Waals surface area contributed by atoms with Gasteiger partial charge in [-0.25, -0.2) is 9.97 Å². The van der Waals surface area contributed by atoms with Crippen molar-refractivity contribution in [1.82, 2.24) is 19.2 Å². The largest absolute Gasteiger partial charge is 0.322 e. The van der Waals surface area contributed by atoms with Gasteiger partial charge in [-0.15, -0.1) is 11.3 Å². The van der Waals surface area contributed by atoms with E-state index in [-0.39, 0.29) is 23.0 Å². The van der Waals surface area contributed by atoms with Crippen LogP contribution in [0.1, 0.15) is 35.7 Å². The standard InChI is InChI=1S/C29H26Cl3N5O2S2/c1-18(38)37(22-9-12-36(13-10-22)16-19-7-8-24(30)25(31)14-19)41-29-35-26(17-40-29)20-4-2-5-21(15-20)34-28(39)23-6-3-11-33-27(23)32/h2-8,11,14-15,17,22H,9-10,12-13,16H2,1H3,(H,34,39). The number of anilines is 1. The molecule has 4 aromatic rings. The van der Waals surface area contributed by atoms with Gasteiger partial charge in [-0.1, -0.05) is 53.0 Å². The molecule has 3 heterocycles. The van der Waals surface area contributed by atoms with E-state index in [2.05, 4.69) is 15.2 Å². The first kappa shape index (κ1) is 29.8. The number of aromatic nitrogens is 2. The molecule has 0 aliphatic carbocycles. The zero-order valence-corrected chi connectivity index (χ0v) is 25.9. The molecule has 0 atom stereocenters. The van der Waals surface area contributed by atoms with Crippen LogP contribution in [0.4, 0.5) is 5.69 Å². The molecular formula is C29H26Cl3N5O2S2. The Morgan fingerprint density at radius 2 is 1.88 bits per heavy atom. The molecule has 5 rings (SSSR count). The second-order valence-corrected chi connectivity index (χ2v) is 12.8. The van der Waals surface area contributed by atoms with Gasteiger partial charge in [-0.3, -0.25) is 18.8 Å². The van der Waals surface area contributed by atoms with Crippen molar-refractivity contribution < 1.29 is 9.59 Å². The van der Waals surface area contributed by atoms with Gasteiger partial charge in [0.25, 0.3) is 5.91 Å². The number of hydrogen-bond donors (Lipinski definition) is 1. The van der Waals surface area contributed by atoms with Crippen LogP contribution >= 0.6 is 58.1 Å². The Labute approximate surface area is 262 Å². The smallest absolute Gasteiger partial charge is 0.258 e. The lowest BCUT2D eigenvalue weighted by Crippen LogP contribution is -2.43. The minimum atomic E-state index is -0.338. The first-order valence-electron chi connectivity index (χ1n) is 12.9. The first-order chi connectivity index (χ1) is 19.8. The number of halogens is 3. The van der Waals surface area contributed by atoms with E-state index in [9.17, 15) is 9.59 Å². The number of rotatable bonds is 8. The average molecular weight is 647 g/mol. The quantitative estimate of drug-likeness (QED) is 0.155. The van der Waals surface area contributed by atoms with E-state index in [0.29, 0.717) is 21.3 Å². The van der Waals surface area contributed by atoms with E-state index in [1.165, 1.54) is 29.5 Å². The van der Waals surface area contributed by atoms with Crippen molar-refractivity contribution in [3.8, 4) is 11.3 Å². The minimum Gasteiger partial charge on any atom is -0.322 e. The van der Waals surface area contributed by atoms with Crippen molar-refractivity contribution >= 4 is 75.6 Å².